The number of rotatable bonds is 4. The Bertz CT molecular complexity index is 556. The molecule has 7 heteroatoms. The van der Waals surface area contributed by atoms with E-state index in [-0.39, 0.29) is 5.91 Å². The van der Waals surface area contributed by atoms with Crippen LogP contribution in [-0.2, 0) is 13.6 Å². The first-order chi connectivity index (χ1) is 8.58. The summed E-state index contributed by atoms with van der Waals surface area (Å²) in [6, 6.07) is 0. The van der Waals surface area contributed by atoms with Crippen LogP contribution in [0.1, 0.15) is 16.1 Å². The fraction of sp³-hybridized carbons (Fsp3) is 0.364. The van der Waals surface area contributed by atoms with E-state index in [9.17, 15) is 4.79 Å². The summed E-state index contributed by atoms with van der Waals surface area (Å²) in [6.45, 7) is 2.94. The summed E-state index contributed by atoms with van der Waals surface area (Å²) < 4.78 is 3.36. The molecule has 0 atom stereocenters. The van der Waals surface area contributed by atoms with E-state index in [1.165, 1.54) is 0 Å². The number of hydrogen-bond donors (Lipinski definition) is 2. The lowest BCUT2D eigenvalue weighted by Gasteiger charge is -2.05. The Balaban J connectivity index is 1.87. The minimum atomic E-state index is -0.124. The molecule has 2 rings (SSSR count). The lowest BCUT2D eigenvalue weighted by atomic mass is 10.2. The summed E-state index contributed by atoms with van der Waals surface area (Å²) in [6.07, 6.45) is 4.87. The van der Waals surface area contributed by atoms with Crippen molar-refractivity contribution in [1.82, 2.24) is 24.9 Å². The third-order valence-corrected chi connectivity index (χ3v) is 2.76. The topological polar surface area (TPSA) is 90.8 Å². The number of nitrogens with two attached hydrogens (primary N) is 1. The third kappa shape index (κ3) is 2.50. The van der Waals surface area contributed by atoms with E-state index in [4.69, 9.17) is 5.73 Å². The van der Waals surface area contributed by atoms with Crippen LogP contribution in [0, 0.1) is 6.92 Å². The Kier molecular flexibility index (Phi) is 3.31. The molecule has 0 aromatic carbocycles. The van der Waals surface area contributed by atoms with Crippen LogP contribution >= 0.6 is 0 Å². The first-order valence-corrected chi connectivity index (χ1v) is 5.62. The molecule has 1 amide bonds. The summed E-state index contributed by atoms with van der Waals surface area (Å²) in [5.74, 6) is -0.124. The van der Waals surface area contributed by atoms with Gasteiger partial charge >= 0.3 is 0 Å². The van der Waals surface area contributed by atoms with E-state index in [0.29, 0.717) is 24.3 Å². The van der Waals surface area contributed by atoms with Gasteiger partial charge in [-0.1, -0.05) is 0 Å². The molecule has 0 aliphatic heterocycles. The van der Waals surface area contributed by atoms with E-state index >= 15 is 0 Å². The van der Waals surface area contributed by atoms with E-state index in [2.05, 4.69) is 15.5 Å². The summed E-state index contributed by atoms with van der Waals surface area (Å²) in [7, 11) is 1.80. The SMILES string of the molecule is Cc1c(C(=O)NCCn2cc(N)cn2)cnn1C. The number of carbonyl (C=O) groups excluding carboxylic acids is 1. The maximum atomic E-state index is 11.9. The number of anilines is 1. The minimum Gasteiger partial charge on any atom is -0.396 e. The average molecular weight is 248 g/mol. The number of nitrogen functional groups attached to an aromatic ring is 1. The van der Waals surface area contributed by atoms with E-state index in [0.717, 1.165) is 5.69 Å². The molecule has 2 aromatic heterocycles. The zero-order chi connectivity index (χ0) is 13.1. The van der Waals surface area contributed by atoms with Gasteiger partial charge in [-0.15, -0.1) is 0 Å². The van der Waals surface area contributed by atoms with Crippen LogP contribution in [0.3, 0.4) is 0 Å². The molecule has 2 heterocycles. The van der Waals surface area contributed by atoms with Crippen LogP contribution in [0.5, 0.6) is 0 Å². The van der Waals surface area contributed by atoms with Gasteiger partial charge in [0.25, 0.3) is 5.91 Å². The quantitative estimate of drug-likeness (QED) is 0.793. The molecule has 0 aliphatic carbocycles. The molecule has 2 aromatic rings. The van der Waals surface area contributed by atoms with Gasteiger partial charge in [0.05, 0.1) is 30.2 Å². The van der Waals surface area contributed by atoms with Crippen molar-refractivity contribution >= 4 is 11.6 Å². The minimum absolute atomic E-state index is 0.124. The summed E-state index contributed by atoms with van der Waals surface area (Å²) in [4.78, 5) is 11.9. The lowest BCUT2D eigenvalue weighted by molar-refractivity contribution is 0.0951. The van der Waals surface area contributed by atoms with Crippen molar-refractivity contribution in [1.29, 1.82) is 0 Å². The second-order valence-corrected chi connectivity index (χ2v) is 4.06. The second kappa shape index (κ2) is 4.91. The molecule has 0 saturated carbocycles. The lowest BCUT2D eigenvalue weighted by Crippen LogP contribution is -2.27. The van der Waals surface area contributed by atoms with Gasteiger partial charge in [-0.25, -0.2) is 0 Å². The molecule has 0 spiro atoms. The molecule has 0 fully saturated rings. The predicted molar refractivity (Wildman–Crippen MR) is 66.9 cm³/mol. The molecule has 96 valence electrons. The fourth-order valence-corrected chi connectivity index (χ4v) is 1.60. The molecule has 0 radical (unpaired) electrons. The van der Waals surface area contributed by atoms with E-state index in [1.54, 1.807) is 35.0 Å². The molecule has 18 heavy (non-hydrogen) atoms. The van der Waals surface area contributed by atoms with Crippen LogP contribution in [0.25, 0.3) is 0 Å². The Morgan fingerprint density at radius 2 is 2.22 bits per heavy atom. The standard InChI is InChI=1S/C11H16N6O/c1-8-10(6-14-16(8)2)11(18)13-3-4-17-7-9(12)5-15-17/h5-7H,3-4,12H2,1-2H3,(H,13,18). The number of hydrogen-bond acceptors (Lipinski definition) is 4. The van der Waals surface area contributed by atoms with Gasteiger partial charge in [0, 0.05) is 25.5 Å². The van der Waals surface area contributed by atoms with E-state index in [1.807, 2.05) is 6.92 Å². The van der Waals surface area contributed by atoms with Gasteiger partial charge < -0.3 is 11.1 Å². The number of aryl methyl sites for hydroxylation is 1. The highest BCUT2D eigenvalue weighted by molar-refractivity contribution is 5.94. The molecular formula is C11H16N6O. The number of amides is 1. The Morgan fingerprint density at radius 3 is 2.78 bits per heavy atom. The highest BCUT2D eigenvalue weighted by Gasteiger charge is 2.11. The van der Waals surface area contributed by atoms with E-state index < -0.39 is 0 Å². The van der Waals surface area contributed by atoms with Gasteiger partial charge in [-0.05, 0) is 6.92 Å². The Hall–Kier alpha value is -2.31. The zero-order valence-corrected chi connectivity index (χ0v) is 10.4. The predicted octanol–water partition coefficient (Wildman–Crippen LogP) is -0.0628. The highest BCUT2D eigenvalue weighted by atomic mass is 16.1. The molecule has 0 saturated heterocycles. The maximum absolute atomic E-state index is 11.9. The van der Waals surface area contributed by atoms with Gasteiger partial charge in [0.15, 0.2) is 0 Å². The molecule has 0 aliphatic rings. The fourth-order valence-electron chi connectivity index (χ4n) is 1.60. The summed E-state index contributed by atoms with van der Waals surface area (Å²) >= 11 is 0. The number of aromatic nitrogens is 4. The van der Waals surface area contributed by atoms with Gasteiger partial charge in [-0.2, -0.15) is 10.2 Å². The summed E-state index contributed by atoms with van der Waals surface area (Å²) in [5, 5.41) is 10.9. The molecule has 0 unspecified atom stereocenters. The normalized spacial score (nSPS) is 10.6. The van der Waals surface area contributed by atoms with Gasteiger partial charge in [-0.3, -0.25) is 14.2 Å². The molecular weight excluding hydrogens is 232 g/mol. The molecule has 7 nitrogen and oxygen atoms in total. The van der Waals surface area contributed by atoms with Crippen LogP contribution in [0.15, 0.2) is 18.6 Å². The van der Waals surface area contributed by atoms with Crippen molar-refractivity contribution in [3.05, 3.63) is 29.8 Å². The molecule has 3 N–H and O–H groups in total. The third-order valence-electron chi connectivity index (χ3n) is 2.76. The number of nitrogens with one attached hydrogen (secondary N) is 1. The van der Waals surface area contributed by atoms with Crippen molar-refractivity contribution in [3.8, 4) is 0 Å². The van der Waals surface area contributed by atoms with Crippen molar-refractivity contribution in [2.75, 3.05) is 12.3 Å². The van der Waals surface area contributed by atoms with Crippen molar-refractivity contribution in [2.24, 2.45) is 7.05 Å². The van der Waals surface area contributed by atoms with Gasteiger partial charge in [0.2, 0.25) is 0 Å². The Labute approximate surface area is 105 Å². The maximum Gasteiger partial charge on any atom is 0.254 e. The monoisotopic (exact) mass is 248 g/mol. The smallest absolute Gasteiger partial charge is 0.254 e. The van der Waals surface area contributed by atoms with Crippen LogP contribution in [0.2, 0.25) is 0 Å². The summed E-state index contributed by atoms with van der Waals surface area (Å²) in [5.41, 5.74) is 7.60. The number of nitrogens with zero attached hydrogens (tertiary/aromatic N) is 4. The van der Waals surface area contributed by atoms with Gasteiger partial charge in [0.1, 0.15) is 0 Å². The Morgan fingerprint density at radius 1 is 1.44 bits per heavy atom. The molecule has 0 bridgehead atoms. The van der Waals surface area contributed by atoms with Crippen molar-refractivity contribution < 1.29 is 4.79 Å². The zero-order valence-electron chi connectivity index (χ0n) is 10.4. The average Bonchev–Trinajstić information content (AvgIpc) is 2.87. The van der Waals surface area contributed by atoms with Crippen molar-refractivity contribution in [2.45, 2.75) is 13.5 Å². The number of carbonyl (C=O) groups is 1. The largest absolute Gasteiger partial charge is 0.396 e. The highest BCUT2D eigenvalue weighted by Crippen LogP contribution is 2.04. The van der Waals surface area contributed by atoms with Crippen LogP contribution < -0.4 is 11.1 Å². The second-order valence-electron chi connectivity index (χ2n) is 4.06. The first kappa shape index (κ1) is 12.2. The van der Waals surface area contributed by atoms with Crippen LogP contribution in [-0.4, -0.2) is 32.0 Å². The van der Waals surface area contributed by atoms with Crippen LogP contribution in [0.4, 0.5) is 5.69 Å². The van der Waals surface area contributed by atoms with Crippen molar-refractivity contribution in [3.63, 3.8) is 0 Å². The first-order valence-electron chi connectivity index (χ1n) is 5.62.